The summed E-state index contributed by atoms with van der Waals surface area (Å²) in [5, 5.41) is 10.6. The van der Waals surface area contributed by atoms with Crippen molar-refractivity contribution in [1.82, 2.24) is 0 Å². The van der Waals surface area contributed by atoms with Gasteiger partial charge in [-0.1, -0.05) is 37.8 Å². The van der Waals surface area contributed by atoms with Gasteiger partial charge in [-0.05, 0) is 59.0 Å². The minimum absolute atomic E-state index is 0.221. The van der Waals surface area contributed by atoms with E-state index in [9.17, 15) is 9.50 Å². The van der Waals surface area contributed by atoms with Crippen LogP contribution in [0.3, 0.4) is 0 Å². The maximum Gasteiger partial charge on any atom is 0.143 e. The largest absolute Gasteiger partial charge is 0.388 e. The van der Waals surface area contributed by atoms with E-state index < -0.39 is 6.10 Å². The summed E-state index contributed by atoms with van der Waals surface area (Å²) in [6.07, 6.45) is 8.02. The fourth-order valence-electron chi connectivity index (χ4n) is 4.20. The van der Waals surface area contributed by atoms with E-state index >= 15 is 0 Å². The molecule has 0 saturated heterocycles. The molecule has 2 aliphatic carbocycles. The third kappa shape index (κ3) is 2.80. The minimum atomic E-state index is -0.657. The lowest BCUT2D eigenvalue weighted by Crippen LogP contribution is -2.30. The number of fused-ring (bicyclic) bond motifs is 1. The van der Waals surface area contributed by atoms with Crippen molar-refractivity contribution in [3.05, 3.63) is 34.1 Å². The Kier molecular flexibility index (Phi) is 4.46. The van der Waals surface area contributed by atoms with Crippen molar-refractivity contribution in [2.24, 2.45) is 17.8 Å². The first-order valence-electron chi connectivity index (χ1n) is 7.79. The van der Waals surface area contributed by atoms with Crippen LogP contribution < -0.4 is 0 Å². The quantitative estimate of drug-likeness (QED) is 0.781. The van der Waals surface area contributed by atoms with Gasteiger partial charge in [0.1, 0.15) is 5.82 Å². The van der Waals surface area contributed by atoms with E-state index in [0.29, 0.717) is 10.0 Å². The predicted octanol–water partition coefficient (Wildman–Crippen LogP) is 5.23. The van der Waals surface area contributed by atoms with E-state index in [-0.39, 0.29) is 11.7 Å². The van der Waals surface area contributed by atoms with Crippen LogP contribution in [0.4, 0.5) is 4.39 Å². The fourth-order valence-corrected chi connectivity index (χ4v) is 4.58. The lowest BCUT2D eigenvalue weighted by molar-refractivity contribution is 0.0329. The van der Waals surface area contributed by atoms with E-state index in [0.717, 1.165) is 24.7 Å². The number of aliphatic hydroxyl groups is 1. The average molecular weight is 341 g/mol. The van der Waals surface area contributed by atoms with Gasteiger partial charge in [0.05, 0.1) is 10.6 Å². The number of hydrogen-bond acceptors (Lipinski definition) is 1. The molecule has 2 fully saturated rings. The van der Waals surface area contributed by atoms with Crippen LogP contribution in [-0.4, -0.2) is 5.11 Å². The highest BCUT2D eigenvalue weighted by atomic mass is 79.9. The Balaban J connectivity index is 1.74. The molecular formula is C17H22BrFO. The zero-order chi connectivity index (χ0) is 14.1. The van der Waals surface area contributed by atoms with Crippen molar-refractivity contribution < 1.29 is 9.50 Å². The van der Waals surface area contributed by atoms with E-state index in [4.69, 9.17) is 0 Å². The first-order valence-corrected chi connectivity index (χ1v) is 8.58. The molecule has 1 N–H and O–H groups in total. The van der Waals surface area contributed by atoms with Crippen LogP contribution in [0.15, 0.2) is 22.7 Å². The Morgan fingerprint density at radius 1 is 1.10 bits per heavy atom. The number of halogens is 2. The van der Waals surface area contributed by atoms with Crippen molar-refractivity contribution in [2.45, 2.75) is 51.0 Å². The molecule has 0 radical (unpaired) electrons. The van der Waals surface area contributed by atoms with Gasteiger partial charge in [0, 0.05) is 5.56 Å². The molecule has 0 aliphatic heterocycles. The van der Waals surface area contributed by atoms with Gasteiger partial charge in [0.25, 0.3) is 0 Å². The molecule has 2 saturated carbocycles. The Labute approximate surface area is 128 Å². The van der Waals surface area contributed by atoms with Crippen LogP contribution in [0.25, 0.3) is 0 Å². The topological polar surface area (TPSA) is 20.2 Å². The Morgan fingerprint density at radius 2 is 1.85 bits per heavy atom. The van der Waals surface area contributed by atoms with E-state index in [1.54, 1.807) is 18.2 Å². The molecule has 20 heavy (non-hydrogen) atoms. The van der Waals surface area contributed by atoms with Crippen LogP contribution >= 0.6 is 15.9 Å². The number of hydrogen-bond donors (Lipinski definition) is 1. The predicted molar refractivity (Wildman–Crippen MR) is 81.8 cm³/mol. The molecule has 0 bridgehead atoms. The van der Waals surface area contributed by atoms with Gasteiger partial charge >= 0.3 is 0 Å². The molecule has 0 spiro atoms. The van der Waals surface area contributed by atoms with Gasteiger partial charge in [-0.25, -0.2) is 4.39 Å². The maximum atomic E-state index is 14.1. The van der Waals surface area contributed by atoms with Gasteiger partial charge in [0.2, 0.25) is 0 Å². The summed E-state index contributed by atoms with van der Waals surface area (Å²) < 4.78 is 14.6. The average Bonchev–Trinajstić information content (AvgIpc) is 2.49. The lowest BCUT2D eigenvalue weighted by Gasteiger charge is -2.40. The highest BCUT2D eigenvalue weighted by Crippen LogP contribution is 2.46. The smallest absolute Gasteiger partial charge is 0.143 e. The van der Waals surface area contributed by atoms with Gasteiger partial charge in [-0.2, -0.15) is 0 Å². The molecule has 1 aromatic rings. The Bertz CT molecular complexity index is 476. The minimum Gasteiger partial charge on any atom is -0.388 e. The summed E-state index contributed by atoms with van der Waals surface area (Å²) in [6.45, 7) is 0. The molecule has 1 aromatic carbocycles. The monoisotopic (exact) mass is 340 g/mol. The van der Waals surface area contributed by atoms with E-state index in [1.807, 2.05) is 0 Å². The van der Waals surface area contributed by atoms with Gasteiger partial charge in [0.15, 0.2) is 0 Å². The van der Waals surface area contributed by atoms with Crippen LogP contribution in [0, 0.1) is 23.6 Å². The summed E-state index contributed by atoms with van der Waals surface area (Å²) in [4.78, 5) is 0. The van der Waals surface area contributed by atoms with Crippen LogP contribution in [-0.2, 0) is 0 Å². The van der Waals surface area contributed by atoms with Crippen LogP contribution in [0.1, 0.15) is 56.6 Å². The van der Waals surface area contributed by atoms with Crippen molar-refractivity contribution >= 4 is 15.9 Å². The summed E-state index contributed by atoms with van der Waals surface area (Å²) in [5.74, 6) is 1.54. The second-order valence-corrected chi connectivity index (χ2v) is 7.32. The van der Waals surface area contributed by atoms with Crippen molar-refractivity contribution in [3.63, 3.8) is 0 Å². The number of aliphatic hydroxyl groups excluding tert-OH is 1. The lowest BCUT2D eigenvalue weighted by atomic mass is 9.66. The highest BCUT2D eigenvalue weighted by Gasteiger charge is 2.36. The molecule has 2 aliphatic rings. The molecule has 1 nitrogen and oxygen atoms in total. The molecular weight excluding hydrogens is 319 g/mol. The molecule has 0 amide bonds. The van der Waals surface area contributed by atoms with Crippen LogP contribution in [0.2, 0.25) is 0 Å². The second kappa shape index (κ2) is 6.15. The summed E-state index contributed by atoms with van der Waals surface area (Å²) in [5.41, 5.74) is 0.457. The first-order chi connectivity index (χ1) is 9.66. The maximum absolute atomic E-state index is 14.1. The second-order valence-electron chi connectivity index (χ2n) is 6.47. The molecule has 4 unspecified atom stereocenters. The first kappa shape index (κ1) is 14.5. The SMILES string of the molecule is OC(c1cccc(Br)c1F)C1CCC2CCCCC2C1. The molecule has 0 aromatic heterocycles. The summed E-state index contributed by atoms with van der Waals surface area (Å²) in [7, 11) is 0. The van der Waals surface area contributed by atoms with Gasteiger partial charge in [-0.3, -0.25) is 0 Å². The molecule has 0 heterocycles. The molecule has 3 rings (SSSR count). The third-order valence-electron chi connectivity index (χ3n) is 5.33. The van der Waals surface area contributed by atoms with Crippen LogP contribution in [0.5, 0.6) is 0 Å². The fraction of sp³-hybridized carbons (Fsp3) is 0.647. The van der Waals surface area contributed by atoms with Gasteiger partial charge in [-0.15, -0.1) is 0 Å². The summed E-state index contributed by atoms with van der Waals surface area (Å²) in [6, 6.07) is 5.21. The standard InChI is InChI=1S/C17H22BrFO/c18-15-7-3-6-14(16(15)19)17(20)13-9-8-11-4-1-2-5-12(11)10-13/h3,6-7,11-13,17,20H,1-2,4-5,8-10H2. The van der Waals surface area contributed by atoms with Crippen molar-refractivity contribution in [2.75, 3.05) is 0 Å². The van der Waals surface area contributed by atoms with E-state index in [2.05, 4.69) is 15.9 Å². The molecule has 110 valence electrons. The molecule has 4 atom stereocenters. The number of benzene rings is 1. The highest BCUT2D eigenvalue weighted by molar-refractivity contribution is 9.10. The molecule has 3 heteroatoms. The number of rotatable bonds is 2. The Hall–Kier alpha value is -0.410. The zero-order valence-corrected chi connectivity index (χ0v) is 13.3. The zero-order valence-electron chi connectivity index (χ0n) is 11.7. The van der Waals surface area contributed by atoms with Crippen molar-refractivity contribution in [1.29, 1.82) is 0 Å². The van der Waals surface area contributed by atoms with Gasteiger partial charge < -0.3 is 5.11 Å². The van der Waals surface area contributed by atoms with Crippen molar-refractivity contribution in [3.8, 4) is 0 Å². The summed E-state index contributed by atoms with van der Waals surface area (Å²) >= 11 is 3.21. The van der Waals surface area contributed by atoms with E-state index in [1.165, 1.54) is 32.1 Å². The Morgan fingerprint density at radius 3 is 2.65 bits per heavy atom. The third-order valence-corrected chi connectivity index (χ3v) is 5.94. The normalized spacial score (nSPS) is 31.6.